The molecule has 7 heteroatoms. The van der Waals surface area contributed by atoms with E-state index < -0.39 is 5.97 Å². The molecule has 7 nitrogen and oxygen atoms in total. The van der Waals surface area contributed by atoms with E-state index in [1.54, 1.807) is 12.2 Å². The first-order valence-corrected chi connectivity index (χ1v) is 10.4. The minimum Gasteiger partial charge on any atom is -0.503 e. The summed E-state index contributed by atoms with van der Waals surface area (Å²) in [5, 5.41) is 9.66. The molecule has 0 spiro atoms. The second-order valence-corrected chi connectivity index (χ2v) is 7.46. The predicted octanol–water partition coefficient (Wildman–Crippen LogP) is 3.83. The van der Waals surface area contributed by atoms with Crippen molar-refractivity contribution in [3.8, 4) is 11.5 Å². The average molecular weight is 445 g/mol. The molecule has 0 amide bonds. The molecule has 2 atom stereocenters. The quantitative estimate of drug-likeness (QED) is 0.131. The molecule has 0 radical (unpaired) electrons. The van der Waals surface area contributed by atoms with Gasteiger partial charge in [0, 0.05) is 0 Å². The molecule has 0 aromatic heterocycles. The molecule has 0 saturated carbocycles. The van der Waals surface area contributed by atoms with Crippen LogP contribution < -0.4 is 9.47 Å². The van der Waals surface area contributed by atoms with Crippen LogP contribution in [0.4, 0.5) is 0 Å². The fourth-order valence-electron chi connectivity index (χ4n) is 2.72. The second-order valence-electron chi connectivity index (χ2n) is 7.46. The van der Waals surface area contributed by atoms with Gasteiger partial charge in [0.25, 0.3) is 0 Å². The number of aliphatic hydroxyl groups excluding tert-OH is 1. The summed E-state index contributed by atoms with van der Waals surface area (Å²) in [4.78, 5) is 11.9. The van der Waals surface area contributed by atoms with E-state index in [0.29, 0.717) is 30.3 Å². The van der Waals surface area contributed by atoms with Gasteiger partial charge in [0.2, 0.25) is 0 Å². The molecule has 1 aromatic rings. The lowest BCUT2D eigenvalue weighted by Crippen LogP contribution is -2.10. The number of hydrogen-bond acceptors (Lipinski definition) is 7. The fraction of sp³-hybridized carbons (Fsp3) is 0.400. The van der Waals surface area contributed by atoms with E-state index in [9.17, 15) is 9.90 Å². The molecule has 1 N–H and O–H groups in total. The first kappa shape index (κ1) is 25.2. The molecule has 1 aliphatic rings. The van der Waals surface area contributed by atoms with Crippen LogP contribution in [0.5, 0.6) is 11.5 Å². The predicted molar refractivity (Wildman–Crippen MR) is 123 cm³/mol. The average Bonchev–Trinajstić information content (AvgIpc) is 3.49. The van der Waals surface area contributed by atoms with Gasteiger partial charge in [-0.3, -0.25) is 0 Å². The molecule has 174 valence electrons. The van der Waals surface area contributed by atoms with Crippen LogP contribution in [0.3, 0.4) is 0 Å². The van der Waals surface area contributed by atoms with Crippen LogP contribution in [0.15, 0.2) is 59.4 Å². The highest BCUT2D eigenvalue weighted by molar-refractivity contribution is 5.93. The van der Waals surface area contributed by atoms with Gasteiger partial charge < -0.3 is 28.8 Å². The topological polar surface area (TPSA) is 86.8 Å². The largest absolute Gasteiger partial charge is 0.503 e. The number of epoxide rings is 1. The molecule has 1 aliphatic heterocycles. The van der Waals surface area contributed by atoms with Crippen molar-refractivity contribution in [2.45, 2.75) is 33.0 Å². The first-order valence-electron chi connectivity index (χ1n) is 10.4. The Balaban J connectivity index is 2.20. The van der Waals surface area contributed by atoms with Gasteiger partial charge in [-0.1, -0.05) is 29.9 Å². The summed E-state index contributed by atoms with van der Waals surface area (Å²) in [6, 6.07) is 5.63. The zero-order valence-electron chi connectivity index (χ0n) is 19.3. The lowest BCUT2D eigenvalue weighted by Gasteiger charge is -2.12. The van der Waals surface area contributed by atoms with Crippen LogP contribution >= 0.6 is 0 Å². The van der Waals surface area contributed by atoms with Crippen LogP contribution in [0, 0.1) is 0 Å². The summed E-state index contributed by atoms with van der Waals surface area (Å²) in [6.07, 6.45) is 8.73. The smallest absolute Gasteiger partial charge is 0.341 e. The minimum atomic E-state index is -0.592. The highest BCUT2D eigenvalue weighted by Crippen LogP contribution is 2.31. The van der Waals surface area contributed by atoms with Crippen LogP contribution in [0.1, 0.15) is 26.3 Å². The monoisotopic (exact) mass is 444 g/mol. The lowest BCUT2D eigenvalue weighted by molar-refractivity contribution is -0.136. The number of benzene rings is 1. The van der Waals surface area contributed by atoms with Gasteiger partial charge in [0.15, 0.2) is 11.5 Å². The Labute approximate surface area is 189 Å². The summed E-state index contributed by atoms with van der Waals surface area (Å²) in [5.41, 5.74) is 2.55. The third-order valence-electron chi connectivity index (χ3n) is 4.68. The van der Waals surface area contributed by atoms with Gasteiger partial charge in [-0.15, -0.1) is 0 Å². The minimum absolute atomic E-state index is 0.0965. The van der Waals surface area contributed by atoms with Gasteiger partial charge in [-0.25, -0.2) is 4.79 Å². The summed E-state index contributed by atoms with van der Waals surface area (Å²) < 4.78 is 26.9. The van der Waals surface area contributed by atoms with E-state index in [4.69, 9.17) is 23.7 Å². The maximum atomic E-state index is 11.9. The number of carbonyl (C=O) groups excluding carboxylic acids is 1. The van der Waals surface area contributed by atoms with Crippen molar-refractivity contribution in [1.82, 2.24) is 0 Å². The van der Waals surface area contributed by atoms with Crippen LogP contribution in [0.25, 0.3) is 6.08 Å². The standard InChI is InChI=1S/C25H32O7/c1-17(2)11-12-30-22-10-9-19(13-23(22)31-16-24-18(3)32-24)7-6-8-20(14-26)21(15-28-4)25(27)29-5/h6-11,13,15,18,24,26H,12,14,16H2,1-5H3. The highest BCUT2D eigenvalue weighted by Gasteiger charge is 2.35. The molecule has 0 bridgehead atoms. The number of esters is 1. The summed E-state index contributed by atoms with van der Waals surface area (Å²) in [5.74, 6) is 0.680. The second kappa shape index (κ2) is 12.7. The highest BCUT2D eigenvalue weighted by atomic mass is 16.6. The molecule has 32 heavy (non-hydrogen) atoms. The van der Waals surface area contributed by atoms with Crippen molar-refractivity contribution < 1.29 is 33.6 Å². The first-order chi connectivity index (χ1) is 15.4. The number of carbonyl (C=O) groups is 1. The zero-order chi connectivity index (χ0) is 23.5. The molecule has 1 fully saturated rings. The summed E-state index contributed by atoms with van der Waals surface area (Å²) in [6.45, 7) is 6.59. The number of hydrogen-bond donors (Lipinski definition) is 1. The van der Waals surface area contributed by atoms with E-state index in [-0.39, 0.29) is 24.4 Å². The van der Waals surface area contributed by atoms with Crippen LogP contribution in [-0.2, 0) is 19.0 Å². The van der Waals surface area contributed by atoms with Crippen LogP contribution in [-0.4, -0.2) is 57.3 Å². The summed E-state index contributed by atoms with van der Waals surface area (Å²) >= 11 is 0. The third kappa shape index (κ3) is 7.90. The number of allylic oxidation sites excluding steroid dienone is 3. The number of aliphatic hydroxyl groups is 1. The number of ether oxygens (including phenoxy) is 5. The molecule has 1 heterocycles. The van der Waals surface area contributed by atoms with Crippen molar-refractivity contribution in [3.63, 3.8) is 0 Å². The molecule has 1 aromatic carbocycles. The third-order valence-corrected chi connectivity index (χ3v) is 4.68. The van der Waals surface area contributed by atoms with E-state index in [1.807, 2.05) is 51.1 Å². The van der Waals surface area contributed by atoms with Crippen molar-refractivity contribution >= 4 is 12.0 Å². The zero-order valence-corrected chi connectivity index (χ0v) is 19.3. The van der Waals surface area contributed by atoms with Gasteiger partial charge >= 0.3 is 5.97 Å². The van der Waals surface area contributed by atoms with E-state index in [1.165, 1.54) is 26.1 Å². The number of methoxy groups -OCH3 is 2. The maximum absolute atomic E-state index is 11.9. The normalized spacial score (nSPS) is 18.3. The Bertz CT molecular complexity index is 892. The Morgan fingerprint density at radius 1 is 1.19 bits per heavy atom. The van der Waals surface area contributed by atoms with E-state index in [2.05, 4.69) is 0 Å². The lowest BCUT2D eigenvalue weighted by atomic mass is 10.1. The van der Waals surface area contributed by atoms with E-state index in [0.717, 1.165) is 5.56 Å². The fourth-order valence-corrected chi connectivity index (χ4v) is 2.72. The molecule has 2 rings (SSSR count). The Morgan fingerprint density at radius 2 is 1.94 bits per heavy atom. The van der Waals surface area contributed by atoms with Crippen LogP contribution in [0.2, 0.25) is 0 Å². The molecule has 1 saturated heterocycles. The van der Waals surface area contributed by atoms with Gasteiger partial charge in [0.05, 0.1) is 38.8 Å². The Morgan fingerprint density at radius 3 is 2.53 bits per heavy atom. The van der Waals surface area contributed by atoms with Gasteiger partial charge in [-0.05, 0) is 50.1 Å². The Hall–Kier alpha value is -3.03. The molecule has 2 unspecified atom stereocenters. The maximum Gasteiger partial charge on any atom is 0.341 e. The summed E-state index contributed by atoms with van der Waals surface area (Å²) in [7, 11) is 2.69. The molecular weight excluding hydrogens is 412 g/mol. The molecule has 0 aliphatic carbocycles. The van der Waals surface area contributed by atoms with Gasteiger partial charge in [-0.2, -0.15) is 0 Å². The van der Waals surface area contributed by atoms with Crippen molar-refractivity contribution in [2.75, 3.05) is 34.0 Å². The van der Waals surface area contributed by atoms with E-state index >= 15 is 0 Å². The van der Waals surface area contributed by atoms with Gasteiger partial charge in [0.1, 0.15) is 19.3 Å². The Kier molecular flexibility index (Phi) is 10.0. The van der Waals surface area contributed by atoms with Crippen molar-refractivity contribution in [2.24, 2.45) is 0 Å². The number of rotatable bonds is 12. The van der Waals surface area contributed by atoms with Crippen molar-refractivity contribution in [3.05, 3.63) is 65.0 Å². The molecular formula is C25H32O7. The van der Waals surface area contributed by atoms with Crippen molar-refractivity contribution in [1.29, 1.82) is 0 Å². The SMILES string of the molecule is COC=C(C(=O)OC)C(=CC=Cc1ccc(OCC=C(C)C)c(OCC2OC2C)c1)CO.